The van der Waals surface area contributed by atoms with Crippen LogP contribution in [0.3, 0.4) is 0 Å². The van der Waals surface area contributed by atoms with Gasteiger partial charge in [-0.25, -0.2) is 24.7 Å². The largest absolute Gasteiger partial charge is 0.371 e. The van der Waals surface area contributed by atoms with Gasteiger partial charge in [-0.2, -0.15) is 0 Å². The minimum Gasteiger partial charge on any atom is -0.371 e. The topological polar surface area (TPSA) is 101 Å². The molecule has 1 aliphatic carbocycles. The first-order valence-corrected chi connectivity index (χ1v) is 12.8. The molecule has 1 fully saturated rings. The highest BCUT2D eigenvalue weighted by atomic mass is 16.5. The van der Waals surface area contributed by atoms with Crippen molar-refractivity contribution in [2.45, 2.75) is 25.0 Å². The summed E-state index contributed by atoms with van der Waals surface area (Å²) in [5.41, 5.74) is 5.84. The van der Waals surface area contributed by atoms with Crippen LogP contribution < -0.4 is 10.2 Å². The van der Waals surface area contributed by atoms with Crippen LogP contribution >= 0.6 is 0 Å². The van der Waals surface area contributed by atoms with Crippen LogP contribution in [0.5, 0.6) is 0 Å². The molecule has 0 bridgehead atoms. The number of nitrogens with one attached hydrogen (secondary N) is 1. The van der Waals surface area contributed by atoms with Crippen molar-refractivity contribution in [1.82, 2.24) is 34.7 Å². The Labute approximate surface area is 214 Å². The third kappa shape index (κ3) is 3.46. The molecule has 188 valence electrons. The Morgan fingerprint density at radius 1 is 1.03 bits per heavy atom. The van der Waals surface area contributed by atoms with E-state index in [4.69, 9.17) is 14.7 Å². The summed E-state index contributed by atoms with van der Waals surface area (Å²) in [7, 11) is 1.65. The van der Waals surface area contributed by atoms with Gasteiger partial charge < -0.3 is 19.9 Å². The number of carbonyl (C=O) groups is 1. The molecular weight excluding hydrogens is 468 g/mol. The second-order valence-electron chi connectivity index (χ2n) is 9.89. The second-order valence-corrected chi connectivity index (χ2v) is 9.89. The number of piperazine rings is 1. The van der Waals surface area contributed by atoms with Gasteiger partial charge in [-0.05, 0) is 36.1 Å². The molecule has 1 N–H and O–H groups in total. The number of ether oxygens (including phenoxy) is 1. The number of aryl methyl sites for hydroxylation is 1. The van der Waals surface area contributed by atoms with Crippen molar-refractivity contribution in [3.63, 3.8) is 0 Å². The molecule has 1 atom stereocenters. The van der Waals surface area contributed by atoms with E-state index in [-0.39, 0.29) is 11.6 Å². The van der Waals surface area contributed by atoms with Crippen LogP contribution in [-0.2, 0) is 23.3 Å². The van der Waals surface area contributed by atoms with Gasteiger partial charge in [0.05, 0.1) is 17.8 Å². The summed E-state index contributed by atoms with van der Waals surface area (Å²) < 4.78 is 8.39. The molecule has 1 spiro atoms. The van der Waals surface area contributed by atoms with Gasteiger partial charge in [-0.15, -0.1) is 0 Å². The quantitative estimate of drug-likeness (QED) is 0.455. The van der Waals surface area contributed by atoms with Crippen molar-refractivity contribution in [1.29, 1.82) is 0 Å². The van der Waals surface area contributed by atoms with Crippen LogP contribution in [0.15, 0.2) is 48.8 Å². The minimum atomic E-state index is -0.276. The number of fused-ring (bicyclic) bond motifs is 6. The van der Waals surface area contributed by atoms with E-state index in [1.165, 1.54) is 11.1 Å². The number of benzene rings is 1. The van der Waals surface area contributed by atoms with Gasteiger partial charge >= 0.3 is 6.03 Å². The average molecular weight is 497 g/mol. The van der Waals surface area contributed by atoms with E-state index in [1.807, 2.05) is 24.5 Å². The molecule has 3 aromatic heterocycles. The first-order valence-electron chi connectivity index (χ1n) is 12.8. The molecular formula is C27H28N8O2. The Morgan fingerprint density at radius 3 is 2.65 bits per heavy atom. The van der Waals surface area contributed by atoms with Gasteiger partial charge in [0.15, 0.2) is 5.65 Å². The molecule has 1 saturated heterocycles. The smallest absolute Gasteiger partial charge is 0.317 e. The monoisotopic (exact) mass is 496 g/mol. The highest BCUT2D eigenvalue weighted by Crippen LogP contribution is 2.45. The SMILES string of the molecule is CNC(=O)N1CCN(c2ncc(-c3ccc4nc5n(c4n3)C3(CCc4ccccc43)COC5)cn2)CC1. The normalized spacial score (nSPS) is 20.8. The summed E-state index contributed by atoms with van der Waals surface area (Å²) in [6.07, 6.45) is 5.66. The van der Waals surface area contributed by atoms with E-state index in [1.54, 1.807) is 11.9 Å². The molecule has 10 nitrogen and oxygen atoms in total. The molecule has 7 rings (SSSR count). The summed E-state index contributed by atoms with van der Waals surface area (Å²) in [6, 6.07) is 12.6. The predicted molar refractivity (Wildman–Crippen MR) is 138 cm³/mol. The Kier molecular flexibility index (Phi) is 5.10. The van der Waals surface area contributed by atoms with Crippen LogP contribution in [0.25, 0.3) is 22.4 Å². The van der Waals surface area contributed by atoms with E-state index in [9.17, 15) is 4.79 Å². The molecule has 37 heavy (non-hydrogen) atoms. The van der Waals surface area contributed by atoms with Crippen molar-refractivity contribution in [2.24, 2.45) is 0 Å². The maximum absolute atomic E-state index is 11.9. The molecule has 1 unspecified atom stereocenters. The minimum absolute atomic E-state index is 0.0473. The van der Waals surface area contributed by atoms with Crippen LogP contribution in [0.1, 0.15) is 23.4 Å². The average Bonchev–Trinajstić information content (AvgIpc) is 3.52. The van der Waals surface area contributed by atoms with Crippen LogP contribution in [0, 0.1) is 0 Å². The molecule has 2 amide bonds. The number of amides is 2. The maximum Gasteiger partial charge on any atom is 0.317 e. The predicted octanol–water partition coefficient (Wildman–Crippen LogP) is 2.57. The Morgan fingerprint density at radius 2 is 1.84 bits per heavy atom. The molecule has 4 aromatic rings. The van der Waals surface area contributed by atoms with Crippen molar-refractivity contribution in [2.75, 3.05) is 44.7 Å². The third-order valence-electron chi connectivity index (χ3n) is 7.90. The first kappa shape index (κ1) is 22.2. The van der Waals surface area contributed by atoms with Gasteiger partial charge in [0, 0.05) is 51.2 Å². The lowest BCUT2D eigenvalue weighted by Crippen LogP contribution is -2.51. The summed E-state index contributed by atoms with van der Waals surface area (Å²) in [4.78, 5) is 35.0. The van der Waals surface area contributed by atoms with Gasteiger partial charge in [-0.1, -0.05) is 24.3 Å². The van der Waals surface area contributed by atoms with Gasteiger partial charge in [0.2, 0.25) is 5.95 Å². The molecule has 0 saturated carbocycles. The lowest BCUT2D eigenvalue weighted by Gasteiger charge is -2.37. The molecule has 5 heterocycles. The summed E-state index contributed by atoms with van der Waals surface area (Å²) in [6.45, 7) is 3.79. The van der Waals surface area contributed by atoms with Gasteiger partial charge in [0.1, 0.15) is 17.9 Å². The Balaban J connectivity index is 1.21. The first-order chi connectivity index (χ1) is 18.2. The second kappa shape index (κ2) is 8.52. The highest BCUT2D eigenvalue weighted by molar-refractivity contribution is 5.77. The van der Waals surface area contributed by atoms with Crippen LogP contribution in [-0.4, -0.2) is 75.3 Å². The van der Waals surface area contributed by atoms with Crippen molar-refractivity contribution in [3.05, 3.63) is 65.7 Å². The number of hydrogen-bond donors (Lipinski definition) is 1. The Hall–Kier alpha value is -4.05. The van der Waals surface area contributed by atoms with Gasteiger partial charge in [-0.3, -0.25) is 4.57 Å². The number of urea groups is 1. The zero-order valence-corrected chi connectivity index (χ0v) is 20.7. The summed E-state index contributed by atoms with van der Waals surface area (Å²) in [5.74, 6) is 1.59. The van der Waals surface area contributed by atoms with Crippen molar-refractivity contribution >= 4 is 23.1 Å². The standard InChI is InChI=1S/C27H28N8O2/c1-28-26(36)34-12-10-33(11-13-34)25-29-14-19(15-30-25)21-6-7-22-24(32-21)35-23(31-22)16-37-17-27(35)9-8-18-4-2-3-5-20(18)27/h2-7,14-15H,8-13,16-17H2,1H3,(H,28,36). The van der Waals surface area contributed by atoms with Crippen molar-refractivity contribution < 1.29 is 9.53 Å². The zero-order chi connectivity index (χ0) is 25.0. The highest BCUT2D eigenvalue weighted by Gasteiger charge is 2.45. The van der Waals surface area contributed by atoms with Crippen LogP contribution in [0.2, 0.25) is 0 Å². The van der Waals surface area contributed by atoms with E-state index in [2.05, 4.69) is 49.0 Å². The van der Waals surface area contributed by atoms with Gasteiger partial charge in [0.25, 0.3) is 0 Å². The number of carbonyl (C=O) groups excluding carboxylic acids is 1. The molecule has 2 aliphatic heterocycles. The van der Waals surface area contributed by atoms with E-state index < -0.39 is 0 Å². The summed E-state index contributed by atoms with van der Waals surface area (Å²) in [5, 5.41) is 2.68. The fourth-order valence-corrected chi connectivity index (χ4v) is 6.02. The molecule has 10 heteroatoms. The zero-order valence-electron chi connectivity index (χ0n) is 20.7. The number of pyridine rings is 1. The fraction of sp³-hybridized carbons (Fsp3) is 0.370. The maximum atomic E-state index is 11.9. The van der Waals surface area contributed by atoms with E-state index in [0.717, 1.165) is 41.1 Å². The van der Waals surface area contributed by atoms with Crippen LogP contribution in [0.4, 0.5) is 10.7 Å². The lowest BCUT2D eigenvalue weighted by molar-refractivity contribution is 0.0225. The number of nitrogens with zero attached hydrogens (tertiary/aromatic N) is 7. The fourth-order valence-electron chi connectivity index (χ4n) is 6.02. The van der Waals surface area contributed by atoms with Crippen molar-refractivity contribution in [3.8, 4) is 11.3 Å². The number of anilines is 1. The number of rotatable bonds is 2. The molecule has 3 aliphatic rings. The Bertz CT molecular complexity index is 1490. The molecule has 1 aromatic carbocycles. The summed E-state index contributed by atoms with van der Waals surface area (Å²) >= 11 is 0. The lowest BCUT2D eigenvalue weighted by atomic mass is 9.91. The molecule has 0 radical (unpaired) electrons. The number of aromatic nitrogens is 5. The third-order valence-corrected chi connectivity index (χ3v) is 7.90. The number of imidazole rings is 1. The number of hydrogen-bond acceptors (Lipinski definition) is 7. The van der Waals surface area contributed by atoms with E-state index >= 15 is 0 Å². The van der Waals surface area contributed by atoms with E-state index in [0.29, 0.717) is 45.3 Å².